The van der Waals surface area contributed by atoms with E-state index in [0.29, 0.717) is 18.5 Å². The molecule has 0 amide bonds. The number of methoxy groups -OCH3 is 1. The molecule has 0 spiro atoms. The first-order valence-corrected chi connectivity index (χ1v) is 9.02. The molecule has 0 aliphatic carbocycles. The number of pyridine rings is 1. The summed E-state index contributed by atoms with van der Waals surface area (Å²) in [7, 11) is 3.40. The van der Waals surface area contributed by atoms with Crippen LogP contribution >= 0.6 is 11.6 Å². The monoisotopic (exact) mass is 373 g/mol. The Morgan fingerprint density at radius 1 is 1.38 bits per heavy atom. The highest BCUT2D eigenvalue weighted by molar-refractivity contribution is 6.30. The fraction of sp³-hybridized carbons (Fsp3) is 0.368. The Morgan fingerprint density at radius 2 is 2.27 bits per heavy atom. The average molecular weight is 374 g/mol. The molecule has 1 fully saturated rings. The molecule has 3 rings (SSSR count). The van der Waals surface area contributed by atoms with Crippen LogP contribution in [-0.2, 0) is 6.54 Å². The second kappa shape index (κ2) is 8.76. The molecule has 1 aliphatic rings. The van der Waals surface area contributed by atoms with Crippen molar-refractivity contribution in [3.63, 3.8) is 0 Å². The minimum Gasteiger partial charge on any atom is -0.481 e. The van der Waals surface area contributed by atoms with Gasteiger partial charge in [-0.15, -0.1) is 0 Å². The van der Waals surface area contributed by atoms with Gasteiger partial charge in [0.1, 0.15) is 0 Å². The number of aromatic nitrogens is 1. The minimum absolute atomic E-state index is 0.340. The summed E-state index contributed by atoms with van der Waals surface area (Å²) in [5.41, 5.74) is 2.25. The number of benzene rings is 1. The van der Waals surface area contributed by atoms with Gasteiger partial charge in [0.05, 0.1) is 7.11 Å². The number of nitrogens with one attached hydrogen (secondary N) is 2. The van der Waals surface area contributed by atoms with Crippen molar-refractivity contribution in [1.82, 2.24) is 15.6 Å². The Kier molecular flexibility index (Phi) is 6.17. The van der Waals surface area contributed by atoms with Crippen LogP contribution in [-0.4, -0.2) is 44.2 Å². The molecule has 26 heavy (non-hydrogen) atoms. The Hall–Kier alpha value is -2.47. The molecule has 138 valence electrons. The number of aliphatic imine (C=N–C) groups is 1. The highest BCUT2D eigenvalue weighted by Gasteiger charge is 2.23. The van der Waals surface area contributed by atoms with Crippen LogP contribution in [0.4, 0.5) is 5.69 Å². The van der Waals surface area contributed by atoms with E-state index in [1.165, 1.54) is 0 Å². The van der Waals surface area contributed by atoms with Crippen LogP contribution in [0.15, 0.2) is 47.6 Å². The molecule has 0 radical (unpaired) electrons. The van der Waals surface area contributed by atoms with E-state index in [0.717, 1.165) is 41.7 Å². The van der Waals surface area contributed by atoms with Gasteiger partial charge in [0.2, 0.25) is 5.88 Å². The summed E-state index contributed by atoms with van der Waals surface area (Å²) in [5.74, 6) is 1.40. The second-order valence-corrected chi connectivity index (χ2v) is 6.62. The number of nitrogens with zero attached hydrogens (tertiary/aromatic N) is 3. The van der Waals surface area contributed by atoms with Crippen LogP contribution < -0.4 is 20.3 Å². The van der Waals surface area contributed by atoms with E-state index in [4.69, 9.17) is 16.3 Å². The Balaban J connectivity index is 1.52. The molecule has 1 saturated heterocycles. The van der Waals surface area contributed by atoms with Crippen molar-refractivity contribution in [2.24, 2.45) is 4.99 Å². The summed E-state index contributed by atoms with van der Waals surface area (Å²) in [6.07, 6.45) is 2.79. The first-order chi connectivity index (χ1) is 12.7. The average Bonchev–Trinajstić information content (AvgIpc) is 3.14. The van der Waals surface area contributed by atoms with Gasteiger partial charge in [-0.05, 0) is 36.2 Å². The zero-order valence-corrected chi connectivity index (χ0v) is 15.8. The van der Waals surface area contributed by atoms with Crippen molar-refractivity contribution in [3.8, 4) is 5.88 Å². The highest BCUT2D eigenvalue weighted by Crippen LogP contribution is 2.23. The van der Waals surface area contributed by atoms with Crippen molar-refractivity contribution in [1.29, 1.82) is 0 Å². The van der Waals surface area contributed by atoms with Crippen LogP contribution in [0.2, 0.25) is 5.02 Å². The van der Waals surface area contributed by atoms with E-state index in [1.807, 2.05) is 30.3 Å². The van der Waals surface area contributed by atoms with Gasteiger partial charge < -0.3 is 20.3 Å². The fourth-order valence-electron chi connectivity index (χ4n) is 3.03. The number of hydrogen-bond donors (Lipinski definition) is 2. The highest BCUT2D eigenvalue weighted by atomic mass is 35.5. The first kappa shape index (κ1) is 18.3. The second-order valence-electron chi connectivity index (χ2n) is 6.19. The van der Waals surface area contributed by atoms with Gasteiger partial charge in [-0.1, -0.05) is 17.7 Å². The number of guanidine groups is 1. The standard InChI is InChI=1S/C19H24ClN5O/c1-21-19(23-12-14-6-8-22-18(10-14)26-2)24-16-7-9-25(13-16)17-5-3-4-15(20)11-17/h3-6,8,10-11,16H,7,9,12-13H2,1-2H3,(H2,21,23,24). The zero-order valence-electron chi connectivity index (χ0n) is 15.1. The maximum Gasteiger partial charge on any atom is 0.213 e. The van der Waals surface area contributed by atoms with Crippen LogP contribution in [0.5, 0.6) is 5.88 Å². The fourth-order valence-corrected chi connectivity index (χ4v) is 3.22. The van der Waals surface area contributed by atoms with E-state index >= 15 is 0 Å². The lowest BCUT2D eigenvalue weighted by Crippen LogP contribution is -2.44. The van der Waals surface area contributed by atoms with E-state index in [2.05, 4.69) is 31.6 Å². The quantitative estimate of drug-likeness (QED) is 0.623. The van der Waals surface area contributed by atoms with Gasteiger partial charge in [-0.2, -0.15) is 0 Å². The molecule has 1 unspecified atom stereocenters. The van der Waals surface area contributed by atoms with Crippen molar-refractivity contribution >= 4 is 23.2 Å². The van der Waals surface area contributed by atoms with Crippen LogP contribution in [0, 0.1) is 0 Å². The number of halogens is 1. The van der Waals surface area contributed by atoms with E-state index in [9.17, 15) is 0 Å². The molecule has 1 aromatic carbocycles. The molecule has 6 nitrogen and oxygen atoms in total. The third-order valence-electron chi connectivity index (χ3n) is 4.39. The summed E-state index contributed by atoms with van der Waals surface area (Å²) in [5, 5.41) is 7.61. The van der Waals surface area contributed by atoms with Gasteiger partial charge in [0.15, 0.2) is 5.96 Å². The zero-order chi connectivity index (χ0) is 18.4. The largest absolute Gasteiger partial charge is 0.481 e. The molecule has 2 aromatic rings. The van der Waals surface area contributed by atoms with E-state index in [1.54, 1.807) is 20.4 Å². The van der Waals surface area contributed by atoms with E-state index in [-0.39, 0.29) is 0 Å². The van der Waals surface area contributed by atoms with Crippen LogP contribution in [0.25, 0.3) is 0 Å². The van der Waals surface area contributed by atoms with Gasteiger partial charge in [-0.25, -0.2) is 4.98 Å². The number of anilines is 1. The predicted octanol–water partition coefficient (Wildman–Crippen LogP) is 2.69. The number of rotatable bonds is 5. The summed E-state index contributed by atoms with van der Waals surface area (Å²) in [6, 6.07) is 12.2. The molecule has 1 atom stereocenters. The Bertz CT molecular complexity index is 767. The SMILES string of the molecule is CN=C(NCc1ccnc(OC)c1)NC1CCN(c2cccc(Cl)c2)C1. The summed E-state index contributed by atoms with van der Waals surface area (Å²) < 4.78 is 5.16. The smallest absolute Gasteiger partial charge is 0.213 e. The number of ether oxygens (including phenoxy) is 1. The topological polar surface area (TPSA) is 61.8 Å². The van der Waals surface area contributed by atoms with E-state index < -0.39 is 0 Å². The first-order valence-electron chi connectivity index (χ1n) is 8.64. The van der Waals surface area contributed by atoms with Gasteiger partial charge >= 0.3 is 0 Å². The van der Waals surface area contributed by atoms with Crippen LogP contribution in [0.3, 0.4) is 0 Å². The molecule has 1 aliphatic heterocycles. The third kappa shape index (κ3) is 4.79. The van der Waals surface area contributed by atoms with Crippen molar-refractivity contribution in [3.05, 3.63) is 53.2 Å². The molecule has 2 heterocycles. The number of hydrogen-bond acceptors (Lipinski definition) is 4. The molecule has 0 saturated carbocycles. The van der Waals surface area contributed by atoms with Gasteiger partial charge in [0, 0.05) is 55.7 Å². The van der Waals surface area contributed by atoms with Crippen LogP contribution in [0.1, 0.15) is 12.0 Å². The van der Waals surface area contributed by atoms with Crippen molar-refractivity contribution in [2.75, 3.05) is 32.1 Å². The Morgan fingerprint density at radius 3 is 3.04 bits per heavy atom. The lowest BCUT2D eigenvalue weighted by atomic mass is 10.2. The molecular formula is C19H24ClN5O. The summed E-state index contributed by atoms with van der Waals surface area (Å²) in [6.45, 7) is 2.57. The minimum atomic E-state index is 0.340. The predicted molar refractivity (Wildman–Crippen MR) is 106 cm³/mol. The summed E-state index contributed by atoms with van der Waals surface area (Å²) >= 11 is 6.10. The van der Waals surface area contributed by atoms with Gasteiger partial charge in [-0.3, -0.25) is 4.99 Å². The maximum atomic E-state index is 6.10. The molecule has 7 heteroatoms. The van der Waals surface area contributed by atoms with Crippen molar-refractivity contribution < 1.29 is 4.74 Å². The maximum absolute atomic E-state index is 6.10. The third-order valence-corrected chi connectivity index (χ3v) is 4.63. The van der Waals surface area contributed by atoms with Gasteiger partial charge in [0.25, 0.3) is 0 Å². The molecule has 0 bridgehead atoms. The molecule has 1 aromatic heterocycles. The summed E-state index contributed by atoms with van der Waals surface area (Å²) in [4.78, 5) is 10.8. The molecule has 2 N–H and O–H groups in total. The molecular weight excluding hydrogens is 350 g/mol. The Labute approximate surface area is 159 Å². The lowest BCUT2D eigenvalue weighted by molar-refractivity contribution is 0.397. The normalized spacial score (nSPS) is 17.3. The van der Waals surface area contributed by atoms with Crippen molar-refractivity contribution in [2.45, 2.75) is 19.0 Å². The lowest BCUT2D eigenvalue weighted by Gasteiger charge is -2.20.